The van der Waals surface area contributed by atoms with Crippen LogP contribution in [0.3, 0.4) is 0 Å². The van der Waals surface area contributed by atoms with Crippen molar-refractivity contribution in [3.63, 3.8) is 0 Å². The predicted octanol–water partition coefficient (Wildman–Crippen LogP) is 2.50. The summed E-state index contributed by atoms with van der Waals surface area (Å²) in [5, 5.41) is 15.2. The monoisotopic (exact) mass is 345 g/mol. The van der Waals surface area contributed by atoms with Crippen molar-refractivity contribution in [2.24, 2.45) is 0 Å². The molecule has 0 bridgehead atoms. The molecule has 0 unspecified atom stereocenters. The maximum atomic E-state index is 6.35. The van der Waals surface area contributed by atoms with Crippen LogP contribution in [-0.4, -0.2) is 40.3 Å². The number of fused-ring (bicyclic) bond motifs is 1. The highest BCUT2D eigenvalue weighted by molar-refractivity contribution is 6.31. The van der Waals surface area contributed by atoms with Gasteiger partial charge >= 0.3 is 0 Å². The number of aromatic amines is 1. The minimum Gasteiger partial charge on any atom is -0.368 e. The Labute approximate surface area is 145 Å². The molecule has 0 radical (unpaired) electrons. The number of aromatic nitrogens is 4. The van der Waals surface area contributed by atoms with E-state index >= 15 is 0 Å². The third-order valence-corrected chi connectivity index (χ3v) is 4.38. The smallest absolute Gasteiger partial charge is 0.224 e. The van der Waals surface area contributed by atoms with Gasteiger partial charge in [-0.05, 0) is 44.2 Å². The maximum Gasteiger partial charge on any atom is 0.224 e. The van der Waals surface area contributed by atoms with Crippen molar-refractivity contribution in [2.45, 2.75) is 13.8 Å². The summed E-state index contributed by atoms with van der Waals surface area (Å²) in [6, 6.07) is 3.99. The van der Waals surface area contributed by atoms with Gasteiger partial charge in [0.2, 0.25) is 5.95 Å². The standard InChI is InChI=1S/C16H20ClN7/c1-8-6-10(7-11(17)9(8)2)13-12-14(20-5-4-19-3)21-16(18)22-15(12)24-23-13/h6-7,19H,4-5H2,1-3H3,(H4,18,20,21,22,23,24). The number of H-pyrrole nitrogens is 1. The average Bonchev–Trinajstić information content (AvgIpc) is 2.96. The fraction of sp³-hybridized carbons (Fsp3) is 0.312. The number of halogens is 1. The molecule has 0 spiro atoms. The summed E-state index contributed by atoms with van der Waals surface area (Å²) >= 11 is 6.35. The quantitative estimate of drug-likeness (QED) is 0.530. The third kappa shape index (κ3) is 3.00. The molecule has 126 valence electrons. The lowest BCUT2D eigenvalue weighted by molar-refractivity contribution is 0.822. The molecular weight excluding hydrogens is 326 g/mol. The van der Waals surface area contributed by atoms with E-state index in [1.165, 1.54) is 0 Å². The van der Waals surface area contributed by atoms with Crippen LogP contribution in [-0.2, 0) is 0 Å². The number of likely N-dealkylation sites (N-methyl/N-ethyl adjacent to an activating group) is 1. The molecule has 0 aliphatic rings. The summed E-state index contributed by atoms with van der Waals surface area (Å²) in [6.07, 6.45) is 0. The molecule has 3 rings (SSSR count). The van der Waals surface area contributed by atoms with Crippen molar-refractivity contribution >= 4 is 34.4 Å². The van der Waals surface area contributed by atoms with E-state index in [1.54, 1.807) is 0 Å². The Kier molecular flexibility index (Phi) is 4.55. The van der Waals surface area contributed by atoms with Crippen molar-refractivity contribution in [3.8, 4) is 11.3 Å². The minimum atomic E-state index is 0.186. The van der Waals surface area contributed by atoms with Gasteiger partial charge in [-0.2, -0.15) is 15.1 Å². The van der Waals surface area contributed by atoms with Crippen molar-refractivity contribution in [1.29, 1.82) is 0 Å². The first-order valence-electron chi connectivity index (χ1n) is 7.68. The Hall–Kier alpha value is -2.38. The molecular formula is C16H20ClN7. The lowest BCUT2D eigenvalue weighted by Gasteiger charge is -2.10. The summed E-state index contributed by atoms with van der Waals surface area (Å²) in [7, 11) is 1.89. The highest BCUT2D eigenvalue weighted by Crippen LogP contribution is 2.33. The predicted molar refractivity (Wildman–Crippen MR) is 98.4 cm³/mol. The van der Waals surface area contributed by atoms with Crippen LogP contribution in [0.4, 0.5) is 11.8 Å². The van der Waals surface area contributed by atoms with Crippen LogP contribution in [0, 0.1) is 13.8 Å². The molecule has 1 aromatic carbocycles. The topological polar surface area (TPSA) is 105 Å². The normalized spacial score (nSPS) is 11.2. The molecule has 2 aromatic heterocycles. The second-order valence-electron chi connectivity index (χ2n) is 5.66. The zero-order valence-corrected chi connectivity index (χ0v) is 14.6. The number of nitrogens with zero attached hydrogens (tertiary/aromatic N) is 3. The molecule has 0 amide bonds. The van der Waals surface area contributed by atoms with E-state index in [0.29, 0.717) is 23.0 Å². The molecule has 0 aliphatic carbocycles. The van der Waals surface area contributed by atoms with Crippen LogP contribution in [0.1, 0.15) is 11.1 Å². The van der Waals surface area contributed by atoms with Crippen LogP contribution >= 0.6 is 11.6 Å². The van der Waals surface area contributed by atoms with Gasteiger partial charge in [0.05, 0.1) is 11.1 Å². The molecule has 8 heteroatoms. The molecule has 7 nitrogen and oxygen atoms in total. The van der Waals surface area contributed by atoms with E-state index in [1.807, 2.05) is 27.0 Å². The lowest BCUT2D eigenvalue weighted by atomic mass is 10.0. The Morgan fingerprint density at radius 1 is 1.21 bits per heavy atom. The Morgan fingerprint density at radius 3 is 2.71 bits per heavy atom. The van der Waals surface area contributed by atoms with Crippen molar-refractivity contribution in [2.75, 3.05) is 31.2 Å². The van der Waals surface area contributed by atoms with Gasteiger partial charge in [-0.25, -0.2) is 0 Å². The molecule has 0 atom stereocenters. The highest BCUT2D eigenvalue weighted by atomic mass is 35.5. The Bertz CT molecular complexity index is 865. The number of nitrogens with one attached hydrogen (secondary N) is 3. The van der Waals surface area contributed by atoms with Gasteiger partial charge in [-0.1, -0.05) is 11.6 Å². The Balaban J connectivity index is 2.15. The first-order valence-corrected chi connectivity index (χ1v) is 8.06. The van der Waals surface area contributed by atoms with Crippen molar-refractivity contribution < 1.29 is 0 Å². The number of nitrogens with two attached hydrogens (primary N) is 1. The zero-order valence-electron chi connectivity index (χ0n) is 13.9. The Morgan fingerprint density at radius 2 is 2.00 bits per heavy atom. The number of aryl methyl sites for hydroxylation is 1. The number of rotatable bonds is 5. The van der Waals surface area contributed by atoms with E-state index in [2.05, 4.69) is 36.9 Å². The molecule has 0 fully saturated rings. The van der Waals surface area contributed by atoms with Gasteiger partial charge in [-0.15, -0.1) is 0 Å². The maximum absolute atomic E-state index is 6.35. The summed E-state index contributed by atoms with van der Waals surface area (Å²) in [4.78, 5) is 8.54. The SMILES string of the molecule is CNCCNc1nc(N)nc2n[nH]c(-c3cc(C)c(C)c(Cl)c3)c12. The first kappa shape index (κ1) is 16.5. The number of anilines is 2. The van der Waals surface area contributed by atoms with Gasteiger partial charge in [0.25, 0.3) is 0 Å². The molecule has 5 N–H and O–H groups in total. The second-order valence-corrected chi connectivity index (χ2v) is 6.07. The van der Waals surface area contributed by atoms with Gasteiger partial charge in [0.15, 0.2) is 5.65 Å². The summed E-state index contributed by atoms with van der Waals surface area (Å²) in [6.45, 7) is 5.54. The fourth-order valence-corrected chi connectivity index (χ4v) is 2.81. The van der Waals surface area contributed by atoms with Crippen LogP contribution in [0.2, 0.25) is 5.02 Å². The number of nitrogen functional groups attached to an aromatic ring is 1. The number of benzene rings is 1. The van der Waals surface area contributed by atoms with Crippen LogP contribution in [0.5, 0.6) is 0 Å². The molecule has 24 heavy (non-hydrogen) atoms. The fourth-order valence-electron chi connectivity index (χ4n) is 2.54. The minimum absolute atomic E-state index is 0.186. The van der Waals surface area contributed by atoms with E-state index in [9.17, 15) is 0 Å². The molecule has 3 aromatic rings. The third-order valence-electron chi connectivity index (χ3n) is 3.99. The molecule has 0 saturated carbocycles. The van der Waals surface area contributed by atoms with Gasteiger partial charge in [0.1, 0.15) is 5.82 Å². The van der Waals surface area contributed by atoms with Crippen molar-refractivity contribution in [1.82, 2.24) is 25.5 Å². The van der Waals surface area contributed by atoms with Crippen LogP contribution in [0.15, 0.2) is 12.1 Å². The summed E-state index contributed by atoms with van der Waals surface area (Å²) in [5.74, 6) is 0.844. The van der Waals surface area contributed by atoms with E-state index in [-0.39, 0.29) is 5.95 Å². The van der Waals surface area contributed by atoms with E-state index in [4.69, 9.17) is 17.3 Å². The van der Waals surface area contributed by atoms with Gasteiger partial charge < -0.3 is 16.4 Å². The van der Waals surface area contributed by atoms with Crippen LogP contribution in [0.25, 0.3) is 22.3 Å². The van der Waals surface area contributed by atoms with Gasteiger partial charge in [0, 0.05) is 23.7 Å². The number of hydrogen-bond acceptors (Lipinski definition) is 6. The van der Waals surface area contributed by atoms with Gasteiger partial charge in [-0.3, -0.25) is 5.10 Å². The first-order chi connectivity index (χ1) is 11.5. The second kappa shape index (κ2) is 6.62. The highest BCUT2D eigenvalue weighted by Gasteiger charge is 2.17. The summed E-state index contributed by atoms with van der Waals surface area (Å²) < 4.78 is 0. The van der Waals surface area contributed by atoms with Crippen molar-refractivity contribution in [3.05, 3.63) is 28.3 Å². The molecule has 0 saturated heterocycles. The summed E-state index contributed by atoms with van der Waals surface area (Å²) in [5.41, 5.74) is 10.3. The zero-order chi connectivity index (χ0) is 17.3. The average molecular weight is 346 g/mol. The lowest BCUT2D eigenvalue weighted by Crippen LogP contribution is -2.18. The largest absolute Gasteiger partial charge is 0.368 e. The van der Waals surface area contributed by atoms with E-state index < -0.39 is 0 Å². The van der Waals surface area contributed by atoms with Crippen LogP contribution < -0.4 is 16.4 Å². The molecule has 0 aliphatic heterocycles. The number of hydrogen-bond donors (Lipinski definition) is 4. The molecule has 2 heterocycles. The van der Waals surface area contributed by atoms with E-state index in [0.717, 1.165) is 34.3 Å².